The van der Waals surface area contributed by atoms with E-state index in [0.717, 1.165) is 17.9 Å². The number of likely N-dealkylation sites (N-methyl/N-ethyl adjacent to an activating group) is 1. The molecule has 116 valence electrons. The van der Waals surface area contributed by atoms with Gasteiger partial charge in [0.15, 0.2) is 0 Å². The molecule has 1 fully saturated rings. The fourth-order valence-corrected chi connectivity index (χ4v) is 2.23. The number of carbonyl (C=O) groups is 1. The average Bonchev–Trinajstić information content (AvgIpc) is 2.41. The lowest BCUT2D eigenvalue weighted by Crippen LogP contribution is -2.49. The molecule has 7 nitrogen and oxygen atoms in total. The van der Waals surface area contributed by atoms with Gasteiger partial charge in [-0.05, 0) is 6.92 Å². The SMILES string of the molecule is Cc1c(NN)nc(C(C)(C)C)nc1N1CCN(C)C(=O)C1. The predicted octanol–water partition coefficient (Wildman–Crippen LogP) is 0.647. The lowest BCUT2D eigenvalue weighted by Gasteiger charge is -2.34. The third-order valence-electron chi connectivity index (χ3n) is 3.68. The molecule has 3 N–H and O–H groups in total. The molecule has 1 saturated heterocycles. The first-order chi connectivity index (χ1) is 9.74. The second kappa shape index (κ2) is 5.48. The highest BCUT2D eigenvalue weighted by Crippen LogP contribution is 2.28. The van der Waals surface area contributed by atoms with Gasteiger partial charge in [-0.1, -0.05) is 20.8 Å². The first-order valence-corrected chi connectivity index (χ1v) is 7.08. The largest absolute Gasteiger partial charge is 0.345 e. The topological polar surface area (TPSA) is 87.4 Å². The van der Waals surface area contributed by atoms with Gasteiger partial charge in [-0.2, -0.15) is 0 Å². The molecular formula is C14H24N6O. The fourth-order valence-electron chi connectivity index (χ4n) is 2.23. The van der Waals surface area contributed by atoms with Gasteiger partial charge in [0, 0.05) is 31.1 Å². The van der Waals surface area contributed by atoms with Gasteiger partial charge in [0.25, 0.3) is 0 Å². The standard InChI is InChI=1S/C14H24N6O/c1-9-11(18-15)16-13(14(2,3)4)17-12(9)20-7-6-19(5)10(21)8-20/h6-8,15H2,1-5H3,(H,16,17,18). The number of carbonyl (C=O) groups excluding carboxylic acids is 1. The van der Waals surface area contributed by atoms with Crippen LogP contribution in [0.15, 0.2) is 0 Å². The normalized spacial score (nSPS) is 16.4. The van der Waals surface area contributed by atoms with Crippen LogP contribution in [-0.4, -0.2) is 47.5 Å². The smallest absolute Gasteiger partial charge is 0.241 e. The molecule has 1 amide bonds. The molecule has 1 aromatic heterocycles. The van der Waals surface area contributed by atoms with Crippen LogP contribution < -0.4 is 16.2 Å². The van der Waals surface area contributed by atoms with Crippen LogP contribution in [0.1, 0.15) is 32.2 Å². The van der Waals surface area contributed by atoms with Gasteiger partial charge >= 0.3 is 0 Å². The molecule has 0 aromatic carbocycles. The van der Waals surface area contributed by atoms with E-state index < -0.39 is 0 Å². The molecule has 7 heteroatoms. The maximum Gasteiger partial charge on any atom is 0.241 e. The predicted molar refractivity (Wildman–Crippen MR) is 83.1 cm³/mol. The van der Waals surface area contributed by atoms with E-state index in [1.165, 1.54) is 0 Å². The van der Waals surface area contributed by atoms with Gasteiger partial charge in [0.2, 0.25) is 5.91 Å². The monoisotopic (exact) mass is 292 g/mol. The Hall–Kier alpha value is -1.89. The summed E-state index contributed by atoms with van der Waals surface area (Å²) in [5.41, 5.74) is 3.31. The zero-order chi connectivity index (χ0) is 15.8. The molecule has 0 bridgehead atoms. The van der Waals surface area contributed by atoms with Crippen molar-refractivity contribution < 1.29 is 4.79 Å². The third kappa shape index (κ3) is 3.07. The fraction of sp³-hybridized carbons (Fsp3) is 0.643. The molecule has 1 aromatic rings. The second-order valence-electron chi connectivity index (χ2n) is 6.48. The van der Waals surface area contributed by atoms with Gasteiger partial charge in [-0.25, -0.2) is 15.8 Å². The van der Waals surface area contributed by atoms with Gasteiger partial charge in [0.05, 0.1) is 6.54 Å². The van der Waals surface area contributed by atoms with E-state index in [1.807, 2.05) is 18.9 Å². The van der Waals surface area contributed by atoms with Crippen molar-refractivity contribution in [2.75, 3.05) is 37.0 Å². The van der Waals surface area contributed by atoms with Crippen LogP contribution in [0.2, 0.25) is 0 Å². The van der Waals surface area contributed by atoms with Crippen LogP contribution in [0.25, 0.3) is 0 Å². The van der Waals surface area contributed by atoms with Crippen LogP contribution in [-0.2, 0) is 10.2 Å². The average molecular weight is 292 g/mol. The highest BCUT2D eigenvalue weighted by atomic mass is 16.2. The van der Waals surface area contributed by atoms with Crippen molar-refractivity contribution >= 4 is 17.5 Å². The van der Waals surface area contributed by atoms with E-state index in [1.54, 1.807) is 4.90 Å². The molecule has 2 heterocycles. The Morgan fingerprint density at radius 1 is 1.24 bits per heavy atom. The Morgan fingerprint density at radius 3 is 2.43 bits per heavy atom. The summed E-state index contributed by atoms with van der Waals surface area (Å²) >= 11 is 0. The Bertz CT molecular complexity index is 551. The van der Waals surface area contributed by atoms with E-state index in [2.05, 4.69) is 36.2 Å². The van der Waals surface area contributed by atoms with E-state index in [0.29, 0.717) is 24.7 Å². The van der Waals surface area contributed by atoms with Crippen molar-refractivity contribution in [1.82, 2.24) is 14.9 Å². The summed E-state index contributed by atoms with van der Waals surface area (Å²) < 4.78 is 0. The highest BCUT2D eigenvalue weighted by Gasteiger charge is 2.27. The number of nitrogens with zero attached hydrogens (tertiary/aromatic N) is 4. The summed E-state index contributed by atoms with van der Waals surface area (Å²) in [6, 6.07) is 0. The molecule has 0 unspecified atom stereocenters. The Morgan fingerprint density at radius 2 is 1.90 bits per heavy atom. The number of anilines is 2. The van der Waals surface area contributed by atoms with Gasteiger partial charge < -0.3 is 15.2 Å². The molecule has 0 atom stereocenters. The molecule has 1 aliphatic rings. The Kier molecular flexibility index (Phi) is 4.04. The number of hydrazine groups is 1. The minimum atomic E-state index is -0.190. The lowest BCUT2D eigenvalue weighted by atomic mass is 9.95. The molecular weight excluding hydrogens is 268 g/mol. The molecule has 0 saturated carbocycles. The summed E-state index contributed by atoms with van der Waals surface area (Å²) in [7, 11) is 1.82. The van der Waals surface area contributed by atoms with E-state index in [-0.39, 0.29) is 11.3 Å². The van der Waals surface area contributed by atoms with Crippen molar-refractivity contribution in [2.45, 2.75) is 33.1 Å². The number of nitrogens with one attached hydrogen (secondary N) is 1. The third-order valence-corrected chi connectivity index (χ3v) is 3.68. The van der Waals surface area contributed by atoms with Crippen molar-refractivity contribution in [1.29, 1.82) is 0 Å². The number of nitrogen functional groups attached to an aromatic ring is 1. The quantitative estimate of drug-likeness (QED) is 0.614. The number of aromatic nitrogens is 2. The van der Waals surface area contributed by atoms with Gasteiger partial charge in [-0.15, -0.1) is 0 Å². The van der Waals surface area contributed by atoms with Crippen molar-refractivity contribution in [2.24, 2.45) is 5.84 Å². The molecule has 1 aliphatic heterocycles. The van der Waals surface area contributed by atoms with Crippen LogP contribution in [0, 0.1) is 6.92 Å². The molecule has 0 spiro atoms. The number of hydrogen-bond acceptors (Lipinski definition) is 6. The van der Waals surface area contributed by atoms with Crippen LogP contribution in [0.3, 0.4) is 0 Å². The minimum Gasteiger partial charge on any atom is -0.345 e. The summed E-state index contributed by atoms with van der Waals surface area (Å²) in [5, 5.41) is 0. The number of rotatable bonds is 2. The number of piperazine rings is 1. The summed E-state index contributed by atoms with van der Waals surface area (Å²) in [6.45, 7) is 9.86. The Balaban J connectivity index is 2.45. The van der Waals surface area contributed by atoms with Crippen molar-refractivity contribution in [3.05, 3.63) is 11.4 Å². The zero-order valence-corrected chi connectivity index (χ0v) is 13.4. The maximum absolute atomic E-state index is 11.9. The lowest BCUT2D eigenvalue weighted by molar-refractivity contribution is -0.129. The highest BCUT2D eigenvalue weighted by molar-refractivity contribution is 5.82. The molecule has 21 heavy (non-hydrogen) atoms. The van der Waals surface area contributed by atoms with E-state index in [4.69, 9.17) is 5.84 Å². The van der Waals surface area contributed by atoms with E-state index >= 15 is 0 Å². The zero-order valence-electron chi connectivity index (χ0n) is 13.4. The first kappa shape index (κ1) is 15.5. The van der Waals surface area contributed by atoms with Crippen LogP contribution in [0.4, 0.5) is 11.6 Å². The summed E-state index contributed by atoms with van der Waals surface area (Å²) in [4.78, 5) is 24.8. The second-order valence-corrected chi connectivity index (χ2v) is 6.48. The van der Waals surface area contributed by atoms with Crippen LogP contribution in [0.5, 0.6) is 0 Å². The number of amides is 1. The summed E-state index contributed by atoms with van der Waals surface area (Å²) in [5.74, 6) is 7.77. The summed E-state index contributed by atoms with van der Waals surface area (Å²) in [6.07, 6.45) is 0. The van der Waals surface area contributed by atoms with E-state index in [9.17, 15) is 4.79 Å². The van der Waals surface area contributed by atoms with Gasteiger partial charge in [0.1, 0.15) is 17.5 Å². The number of hydrogen-bond donors (Lipinski definition) is 2. The molecule has 0 radical (unpaired) electrons. The maximum atomic E-state index is 11.9. The molecule has 0 aliphatic carbocycles. The van der Waals surface area contributed by atoms with Crippen molar-refractivity contribution in [3.63, 3.8) is 0 Å². The van der Waals surface area contributed by atoms with Gasteiger partial charge in [-0.3, -0.25) is 4.79 Å². The van der Waals surface area contributed by atoms with Crippen molar-refractivity contribution in [3.8, 4) is 0 Å². The first-order valence-electron chi connectivity index (χ1n) is 7.08. The minimum absolute atomic E-state index is 0.0961. The Labute approximate surface area is 125 Å². The number of nitrogens with two attached hydrogens (primary N) is 1. The van der Waals surface area contributed by atoms with Crippen LogP contribution >= 0.6 is 0 Å². The molecule has 2 rings (SSSR count).